The Balaban J connectivity index is 1.84. The Morgan fingerprint density at radius 3 is 3.05 bits per heavy atom. The second-order valence-electron chi connectivity index (χ2n) is 5.53. The molecule has 0 N–H and O–H groups in total. The van der Waals surface area contributed by atoms with E-state index in [2.05, 4.69) is 0 Å². The van der Waals surface area contributed by atoms with Crippen LogP contribution >= 0.6 is 0 Å². The number of ether oxygens (including phenoxy) is 1. The minimum Gasteiger partial charge on any atom is -0.468 e. The molecule has 0 radical (unpaired) electrons. The van der Waals surface area contributed by atoms with Crippen molar-refractivity contribution in [1.29, 1.82) is 0 Å². The van der Waals surface area contributed by atoms with Gasteiger partial charge in [0.05, 0.1) is 30.9 Å². The molecule has 0 aromatic carbocycles. The van der Waals surface area contributed by atoms with Crippen molar-refractivity contribution in [3.05, 3.63) is 24.2 Å². The summed E-state index contributed by atoms with van der Waals surface area (Å²) in [5.41, 5.74) is 0. The molecule has 3 atom stereocenters. The molecule has 0 aliphatic carbocycles. The molecule has 6 heteroatoms. The minimum atomic E-state index is -0.338. The monoisotopic (exact) mass is 292 g/mol. The molecular formula is C15H20N2O4. The zero-order chi connectivity index (χ0) is 15.0. The lowest BCUT2D eigenvalue weighted by atomic mass is 9.95. The first-order chi connectivity index (χ1) is 10.1. The zero-order valence-corrected chi connectivity index (χ0v) is 12.3. The molecule has 2 fully saturated rings. The van der Waals surface area contributed by atoms with Crippen LogP contribution in [0.2, 0.25) is 0 Å². The maximum atomic E-state index is 12.2. The van der Waals surface area contributed by atoms with Crippen LogP contribution in [-0.2, 0) is 14.3 Å². The van der Waals surface area contributed by atoms with Crippen LogP contribution in [-0.4, -0.2) is 41.1 Å². The minimum absolute atomic E-state index is 0.0216. The number of hydrogen-bond acceptors (Lipinski definition) is 5. The molecule has 0 spiro atoms. The number of nitrogens with zero attached hydrogens (tertiary/aromatic N) is 2. The van der Waals surface area contributed by atoms with Gasteiger partial charge in [0.2, 0.25) is 5.91 Å². The van der Waals surface area contributed by atoms with Gasteiger partial charge in [0, 0.05) is 13.0 Å². The summed E-state index contributed by atoms with van der Waals surface area (Å²) in [7, 11) is 0. The molecule has 6 nitrogen and oxygen atoms in total. The van der Waals surface area contributed by atoms with Gasteiger partial charge >= 0.3 is 5.97 Å². The van der Waals surface area contributed by atoms with Crippen molar-refractivity contribution in [2.24, 2.45) is 5.92 Å². The van der Waals surface area contributed by atoms with E-state index in [0.717, 1.165) is 5.76 Å². The highest BCUT2D eigenvalue weighted by molar-refractivity contribution is 5.80. The number of esters is 1. The third kappa shape index (κ3) is 2.33. The average Bonchev–Trinajstić information content (AvgIpc) is 3.16. The summed E-state index contributed by atoms with van der Waals surface area (Å²) < 4.78 is 10.6. The fraction of sp³-hybridized carbons (Fsp3) is 0.600. The highest BCUT2D eigenvalue weighted by atomic mass is 16.5. The van der Waals surface area contributed by atoms with Gasteiger partial charge in [0.1, 0.15) is 5.76 Å². The Morgan fingerprint density at radius 2 is 2.38 bits per heavy atom. The Morgan fingerprint density at radius 1 is 1.57 bits per heavy atom. The second kappa shape index (κ2) is 5.52. The van der Waals surface area contributed by atoms with E-state index in [1.165, 1.54) is 0 Å². The smallest absolute Gasteiger partial charge is 0.310 e. The van der Waals surface area contributed by atoms with E-state index in [1.54, 1.807) is 18.2 Å². The molecule has 1 amide bonds. The molecule has 2 aliphatic heterocycles. The summed E-state index contributed by atoms with van der Waals surface area (Å²) in [5, 5.41) is 3.77. The lowest BCUT2D eigenvalue weighted by Crippen LogP contribution is -2.43. The third-order valence-electron chi connectivity index (χ3n) is 4.33. The lowest BCUT2D eigenvalue weighted by molar-refractivity contribution is -0.153. The van der Waals surface area contributed by atoms with Crippen molar-refractivity contribution in [1.82, 2.24) is 10.0 Å². The molecule has 1 unspecified atom stereocenters. The average molecular weight is 292 g/mol. The highest BCUT2D eigenvalue weighted by Crippen LogP contribution is 2.42. The SMILES string of the molecule is CCOC(=O)C(C)[C@@H]1C[C@H](c2ccco2)N2CCC(=O)N12. The molecule has 114 valence electrons. The van der Waals surface area contributed by atoms with Gasteiger partial charge in [0.15, 0.2) is 0 Å². The van der Waals surface area contributed by atoms with Gasteiger partial charge in [-0.1, -0.05) is 0 Å². The van der Waals surface area contributed by atoms with Gasteiger partial charge < -0.3 is 9.15 Å². The number of amides is 1. The maximum Gasteiger partial charge on any atom is 0.310 e. The van der Waals surface area contributed by atoms with Gasteiger partial charge in [0.25, 0.3) is 0 Å². The zero-order valence-electron chi connectivity index (χ0n) is 12.3. The standard InChI is InChI=1S/C15H20N2O4/c1-3-20-15(19)10(2)11-9-12(13-5-4-8-21-13)16-7-6-14(18)17(11)16/h4-5,8,10-12H,3,6-7,9H2,1-2H3/t10?,11-,12+/m0/s1. The fourth-order valence-electron chi connectivity index (χ4n) is 3.30. The van der Waals surface area contributed by atoms with Gasteiger partial charge in [-0.15, -0.1) is 0 Å². The molecule has 2 aliphatic rings. The lowest BCUT2D eigenvalue weighted by Gasteiger charge is -2.29. The molecule has 1 aromatic heterocycles. The highest BCUT2D eigenvalue weighted by Gasteiger charge is 2.50. The van der Waals surface area contributed by atoms with Crippen LogP contribution in [0.3, 0.4) is 0 Å². The first-order valence-electron chi connectivity index (χ1n) is 7.42. The van der Waals surface area contributed by atoms with Crippen LogP contribution in [0.1, 0.15) is 38.5 Å². The maximum absolute atomic E-state index is 12.2. The van der Waals surface area contributed by atoms with Crippen LogP contribution in [0, 0.1) is 5.92 Å². The molecule has 3 rings (SSSR count). The van der Waals surface area contributed by atoms with Crippen molar-refractivity contribution in [2.75, 3.05) is 13.2 Å². The predicted molar refractivity (Wildman–Crippen MR) is 73.8 cm³/mol. The number of rotatable bonds is 4. The van der Waals surface area contributed by atoms with Crippen LogP contribution in [0.15, 0.2) is 22.8 Å². The van der Waals surface area contributed by atoms with Crippen molar-refractivity contribution in [3.8, 4) is 0 Å². The quantitative estimate of drug-likeness (QED) is 0.791. The Kier molecular flexibility index (Phi) is 3.71. The van der Waals surface area contributed by atoms with E-state index in [9.17, 15) is 9.59 Å². The van der Waals surface area contributed by atoms with Crippen LogP contribution in [0.4, 0.5) is 0 Å². The fourth-order valence-corrected chi connectivity index (χ4v) is 3.30. The molecular weight excluding hydrogens is 272 g/mol. The Labute approximate surface area is 123 Å². The molecule has 21 heavy (non-hydrogen) atoms. The summed E-state index contributed by atoms with van der Waals surface area (Å²) in [4.78, 5) is 24.2. The van der Waals surface area contributed by atoms with Gasteiger partial charge in [-0.3, -0.25) is 14.6 Å². The number of carbonyl (C=O) groups is 2. The van der Waals surface area contributed by atoms with Crippen LogP contribution in [0.5, 0.6) is 0 Å². The van der Waals surface area contributed by atoms with E-state index in [-0.39, 0.29) is 29.9 Å². The first-order valence-corrected chi connectivity index (χ1v) is 7.42. The number of hydrogen-bond donors (Lipinski definition) is 0. The Bertz CT molecular complexity index is 528. The van der Waals surface area contributed by atoms with E-state index < -0.39 is 0 Å². The topological polar surface area (TPSA) is 63.0 Å². The molecule has 2 saturated heterocycles. The summed E-state index contributed by atoms with van der Waals surface area (Å²) in [5.74, 6) is 0.329. The van der Waals surface area contributed by atoms with E-state index in [0.29, 0.717) is 26.0 Å². The Hall–Kier alpha value is -1.82. The molecule has 0 bridgehead atoms. The van der Waals surface area contributed by atoms with Gasteiger partial charge in [-0.25, -0.2) is 5.01 Å². The van der Waals surface area contributed by atoms with E-state index in [4.69, 9.17) is 9.15 Å². The van der Waals surface area contributed by atoms with Crippen molar-refractivity contribution < 1.29 is 18.7 Å². The predicted octanol–water partition coefficient (Wildman–Crippen LogP) is 1.74. The second-order valence-corrected chi connectivity index (χ2v) is 5.53. The van der Waals surface area contributed by atoms with Gasteiger partial charge in [-0.05, 0) is 32.4 Å². The summed E-state index contributed by atoms with van der Waals surface area (Å²) >= 11 is 0. The van der Waals surface area contributed by atoms with Crippen molar-refractivity contribution in [3.63, 3.8) is 0 Å². The molecule has 0 saturated carbocycles. The third-order valence-corrected chi connectivity index (χ3v) is 4.33. The summed E-state index contributed by atoms with van der Waals surface area (Å²) in [6, 6.07) is 3.63. The normalized spacial score (nSPS) is 27.0. The van der Waals surface area contributed by atoms with E-state index in [1.807, 2.05) is 24.1 Å². The number of carbonyl (C=O) groups excluding carboxylic acids is 2. The van der Waals surface area contributed by atoms with Crippen molar-refractivity contribution >= 4 is 11.9 Å². The number of fused-ring (bicyclic) bond motifs is 1. The van der Waals surface area contributed by atoms with Crippen LogP contribution in [0.25, 0.3) is 0 Å². The van der Waals surface area contributed by atoms with Crippen LogP contribution < -0.4 is 0 Å². The van der Waals surface area contributed by atoms with Gasteiger partial charge in [-0.2, -0.15) is 0 Å². The summed E-state index contributed by atoms with van der Waals surface area (Å²) in [6.07, 6.45) is 2.82. The largest absolute Gasteiger partial charge is 0.468 e. The first kappa shape index (κ1) is 14.1. The molecule has 3 heterocycles. The number of hydrazine groups is 1. The van der Waals surface area contributed by atoms with Crippen molar-refractivity contribution in [2.45, 2.75) is 38.8 Å². The molecule has 1 aromatic rings. The summed E-state index contributed by atoms with van der Waals surface area (Å²) in [6.45, 7) is 4.65. The number of furan rings is 1. The van der Waals surface area contributed by atoms with E-state index >= 15 is 0 Å².